The Bertz CT molecular complexity index is 1530. The molecule has 4 heterocycles. The van der Waals surface area contributed by atoms with Gasteiger partial charge in [0.05, 0.1) is 46.3 Å². The molecular weight excluding hydrogens is 527 g/mol. The first-order chi connectivity index (χ1) is 18.1. The van der Waals surface area contributed by atoms with Crippen LogP contribution < -0.4 is 5.56 Å². The number of nitrogens with zero attached hydrogens (tertiary/aromatic N) is 6. The normalized spacial score (nSPS) is 21.8. The Labute approximate surface area is 230 Å². The number of amides is 2. The van der Waals surface area contributed by atoms with E-state index in [1.54, 1.807) is 38.8 Å². The van der Waals surface area contributed by atoms with Gasteiger partial charge in [-0.3, -0.25) is 24.0 Å². The van der Waals surface area contributed by atoms with Crippen LogP contribution in [0.5, 0.6) is 0 Å². The number of hydrogen-bond donors (Lipinski definition) is 0. The zero-order valence-electron chi connectivity index (χ0n) is 21.4. The van der Waals surface area contributed by atoms with Gasteiger partial charge in [-0.15, -0.1) is 0 Å². The minimum absolute atomic E-state index is 0.0559. The first kappa shape index (κ1) is 25.1. The summed E-state index contributed by atoms with van der Waals surface area (Å²) in [6.07, 6.45) is 5.66. The van der Waals surface area contributed by atoms with Gasteiger partial charge in [0.25, 0.3) is 17.4 Å². The van der Waals surface area contributed by atoms with Crippen LogP contribution in [-0.2, 0) is 13.0 Å². The zero-order valence-corrected chi connectivity index (χ0v) is 22.9. The average Bonchev–Trinajstić information content (AvgIpc) is 3.67. The van der Waals surface area contributed by atoms with Gasteiger partial charge in [-0.1, -0.05) is 23.2 Å². The third-order valence-electron chi connectivity index (χ3n) is 7.90. The lowest BCUT2D eigenvalue weighted by atomic mass is 9.97. The van der Waals surface area contributed by atoms with E-state index in [1.165, 1.54) is 6.20 Å². The maximum Gasteiger partial charge on any atom is 0.273 e. The molecular formula is C27H28Cl2N6O3. The van der Waals surface area contributed by atoms with Crippen molar-refractivity contribution in [2.24, 2.45) is 0 Å². The maximum absolute atomic E-state index is 14.0. The van der Waals surface area contributed by atoms with Crippen LogP contribution in [0.3, 0.4) is 0 Å². The van der Waals surface area contributed by atoms with Gasteiger partial charge in [0, 0.05) is 42.4 Å². The molecule has 0 unspecified atom stereocenters. The van der Waals surface area contributed by atoms with Crippen LogP contribution >= 0.6 is 23.2 Å². The predicted molar refractivity (Wildman–Crippen MR) is 143 cm³/mol. The summed E-state index contributed by atoms with van der Waals surface area (Å²) in [5.41, 5.74) is 3.16. The predicted octanol–water partition coefficient (Wildman–Crippen LogP) is 4.45. The third-order valence-corrected chi connectivity index (χ3v) is 8.64. The number of hydrogen-bond acceptors (Lipinski definition) is 5. The molecule has 38 heavy (non-hydrogen) atoms. The van der Waals surface area contributed by atoms with Crippen molar-refractivity contribution < 1.29 is 9.59 Å². The molecule has 1 fully saturated rings. The second kappa shape index (κ2) is 9.24. The number of benzene rings is 1. The molecule has 3 atom stereocenters. The second-order valence-electron chi connectivity index (χ2n) is 10.6. The molecule has 6 rings (SSSR count). The van der Waals surface area contributed by atoms with Gasteiger partial charge in [-0.05, 0) is 51.8 Å². The van der Waals surface area contributed by atoms with E-state index in [1.807, 2.05) is 25.5 Å². The summed E-state index contributed by atoms with van der Waals surface area (Å²) in [4.78, 5) is 47.6. The van der Waals surface area contributed by atoms with Crippen LogP contribution in [0, 0.1) is 0 Å². The molecule has 2 aliphatic heterocycles. The monoisotopic (exact) mass is 554 g/mol. The molecule has 198 valence electrons. The van der Waals surface area contributed by atoms with Gasteiger partial charge < -0.3 is 14.4 Å². The van der Waals surface area contributed by atoms with E-state index >= 15 is 0 Å². The number of halogens is 2. The number of rotatable bonds is 4. The van der Waals surface area contributed by atoms with E-state index in [4.69, 9.17) is 28.3 Å². The molecule has 2 amide bonds. The smallest absolute Gasteiger partial charge is 0.273 e. The van der Waals surface area contributed by atoms with Crippen molar-refractivity contribution in [1.82, 2.24) is 29.1 Å². The first-order valence-corrected chi connectivity index (χ1v) is 13.6. The van der Waals surface area contributed by atoms with Gasteiger partial charge in [-0.2, -0.15) is 5.10 Å². The number of carbonyl (C=O) groups excluding carboxylic acids is 2. The lowest BCUT2D eigenvalue weighted by molar-refractivity contribution is 0.0570. The highest BCUT2D eigenvalue weighted by Crippen LogP contribution is 2.36. The fourth-order valence-electron chi connectivity index (χ4n) is 5.54. The highest BCUT2D eigenvalue weighted by Gasteiger charge is 2.41. The van der Waals surface area contributed by atoms with Crippen molar-refractivity contribution in [2.45, 2.75) is 70.7 Å². The number of aromatic nitrogens is 4. The van der Waals surface area contributed by atoms with E-state index in [9.17, 15) is 14.4 Å². The van der Waals surface area contributed by atoms with Gasteiger partial charge in [0.15, 0.2) is 0 Å². The van der Waals surface area contributed by atoms with Gasteiger partial charge in [0.1, 0.15) is 5.69 Å². The van der Waals surface area contributed by atoms with Gasteiger partial charge in [-0.25, -0.2) is 0 Å². The molecule has 0 radical (unpaired) electrons. The van der Waals surface area contributed by atoms with E-state index in [2.05, 4.69) is 4.98 Å². The third kappa shape index (κ3) is 4.12. The molecule has 1 saturated carbocycles. The van der Waals surface area contributed by atoms with Gasteiger partial charge >= 0.3 is 0 Å². The van der Waals surface area contributed by atoms with Crippen LogP contribution in [0.25, 0.3) is 0 Å². The van der Waals surface area contributed by atoms with E-state index < -0.39 is 0 Å². The van der Waals surface area contributed by atoms with Crippen molar-refractivity contribution in [3.8, 4) is 0 Å². The Morgan fingerprint density at radius 2 is 1.87 bits per heavy atom. The second-order valence-corrected chi connectivity index (χ2v) is 11.4. The summed E-state index contributed by atoms with van der Waals surface area (Å²) in [6, 6.07) is 4.59. The number of carbonyl (C=O) groups is 2. The summed E-state index contributed by atoms with van der Waals surface area (Å²) in [6.45, 7) is 6.70. The standard InChI is InChI=1S/C27H28Cl2N6O3/c1-14-8-22-19(12-32(14)26(37)17-4-7-20(28)21(29)9-17)25-27(38)33(11-15(2)35(25)31-22)16(3)23-13-34(18-5-6-18)24(36)10-30-23/h4,7,9-10,13-16,18H,5-6,8,11-12H2,1-3H3/t14-,15-,16+/m1/s1. The summed E-state index contributed by atoms with van der Waals surface area (Å²) < 4.78 is 3.55. The van der Waals surface area contributed by atoms with Crippen LogP contribution in [0.2, 0.25) is 10.0 Å². The summed E-state index contributed by atoms with van der Waals surface area (Å²) >= 11 is 12.2. The van der Waals surface area contributed by atoms with Crippen molar-refractivity contribution in [2.75, 3.05) is 6.54 Å². The summed E-state index contributed by atoms with van der Waals surface area (Å²) in [5, 5.41) is 5.53. The van der Waals surface area contributed by atoms with Crippen molar-refractivity contribution >= 4 is 35.0 Å². The molecule has 0 saturated heterocycles. The minimum Gasteiger partial charge on any atom is -0.331 e. The molecule has 0 bridgehead atoms. The first-order valence-electron chi connectivity index (χ1n) is 12.9. The average molecular weight is 555 g/mol. The lowest BCUT2D eigenvalue weighted by Gasteiger charge is -2.37. The van der Waals surface area contributed by atoms with E-state index in [0.29, 0.717) is 40.0 Å². The molecule has 1 aliphatic carbocycles. The molecule has 0 spiro atoms. The molecule has 0 N–H and O–H groups in total. The van der Waals surface area contributed by atoms with Crippen LogP contribution in [-0.4, -0.2) is 53.5 Å². The fourth-order valence-corrected chi connectivity index (χ4v) is 5.84. The SMILES string of the molecule is C[C@@H]1Cc2nn3c(c2CN1C(=O)c1ccc(Cl)c(Cl)c1)C(=O)N([C@@H](C)c1cn(C2CC2)c(=O)cn1)C[C@H]3C. The lowest BCUT2D eigenvalue weighted by Crippen LogP contribution is -2.46. The molecule has 3 aromatic rings. The Hall–Kier alpha value is -3.17. The Kier molecular flexibility index (Phi) is 6.11. The minimum atomic E-state index is -0.327. The molecule has 2 aromatic heterocycles. The van der Waals surface area contributed by atoms with Crippen molar-refractivity contribution in [3.63, 3.8) is 0 Å². The largest absolute Gasteiger partial charge is 0.331 e. The van der Waals surface area contributed by atoms with Crippen LogP contribution in [0.15, 0.2) is 35.4 Å². The van der Waals surface area contributed by atoms with E-state index in [-0.39, 0.29) is 48.1 Å². The summed E-state index contributed by atoms with van der Waals surface area (Å²) in [5.74, 6) is -0.318. The van der Waals surface area contributed by atoms with Crippen molar-refractivity contribution in [3.05, 3.63) is 79.2 Å². The topological polar surface area (TPSA) is 93.3 Å². The Morgan fingerprint density at radius 1 is 1.11 bits per heavy atom. The summed E-state index contributed by atoms with van der Waals surface area (Å²) in [7, 11) is 0. The number of fused-ring (bicyclic) bond motifs is 3. The van der Waals surface area contributed by atoms with Crippen LogP contribution in [0.1, 0.15) is 89.5 Å². The zero-order chi connectivity index (χ0) is 26.9. The fraction of sp³-hybridized carbons (Fsp3) is 0.444. The van der Waals surface area contributed by atoms with Gasteiger partial charge in [0.2, 0.25) is 0 Å². The molecule has 3 aliphatic rings. The molecule has 11 heteroatoms. The van der Waals surface area contributed by atoms with Crippen molar-refractivity contribution in [1.29, 1.82) is 0 Å². The van der Waals surface area contributed by atoms with E-state index in [0.717, 1.165) is 24.1 Å². The maximum atomic E-state index is 14.0. The Balaban J connectivity index is 1.32. The molecule has 1 aromatic carbocycles. The highest BCUT2D eigenvalue weighted by atomic mass is 35.5. The molecule has 9 nitrogen and oxygen atoms in total. The quantitative estimate of drug-likeness (QED) is 0.475. The van der Waals surface area contributed by atoms with Crippen LogP contribution in [0.4, 0.5) is 0 Å². The highest BCUT2D eigenvalue weighted by molar-refractivity contribution is 6.42. The Morgan fingerprint density at radius 3 is 2.58 bits per heavy atom.